The Bertz CT molecular complexity index is 589. The van der Waals surface area contributed by atoms with Crippen LogP contribution in [0.5, 0.6) is 5.75 Å². The third-order valence-corrected chi connectivity index (χ3v) is 3.33. The molecule has 1 heterocycles. The van der Waals surface area contributed by atoms with Crippen LogP contribution in [0.25, 0.3) is 0 Å². The molecule has 20 heavy (non-hydrogen) atoms. The molecule has 0 saturated carbocycles. The first kappa shape index (κ1) is 14.7. The lowest BCUT2D eigenvalue weighted by Gasteiger charge is -2.14. The van der Waals surface area contributed by atoms with E-state index in [9.17, 15) is 0 Å². The summed E-state index contributed by atoms with van der Waals surface area (Å²) in [5.74, 6) is 1.47. The number of ether oxygens (including phenoxy) is 1. The zero-order valence-corrected chi connectivity index (χ0v) is 13.1. The maximum absolute atomic E-state index is 5.92. The molecule has 0 saturated heterocycles. The fraction of sp³-hybridized carbons (Fsp3) is 0.267. The van der Waals surface area contributed by atoms with E-state index in [2.05, 4.69) is 33.2 Å². The Morgan fingerprint density at radius 1 is 1.40 bits per heavy atom. The molecule has 5 heteroatoms. The molecule has 2 rings (SSSR count). The summed E-state index contributed by atoms with van der Waals surface area (Å²) in [6.45, 7) is 4.15. The van der Waals surface area contributed by atoms with Crippen LogP contribution in [-0.2, 0) is 0 Å². The van der Waals surface area contributed by atoms with Crippen molar-refractivity contribution in [2.45, 2.75) is 26.4 Å². The van der Waals surface area contributed by atoms with Crippen molar-refractivity contribution in [2.75, 3.05) is 11.1 Å². The second-order valence-corrected chi connectivity index (χ2v) is 5.50. The van der Waals surface area contributed by atoms with Crippen molar-refractivity contribution in [1.29, 1.82) is 0 Å². The molecule has 1 atom stereocenters. The summed E-state index contributed by atoms with van der Waals surface area (Å²) in [5, 5.41) is 3.19. The number of nitrogen functional groups attached to an aromatic ring is 1. The molecule has 1 unspecified atom stereocenters. The highest BCUT2D eigenvalue weighted by molar-refractivity contribution is 9.10. The highest BCUT2D eigenvalue weighted by Gasteiger charge is 2.05. The van der Waals surface area contributed by atoms with Crippen LogP contribution in [0.15, 0.2) is 41.0 Å². The zero-order valence-electron chi connectivity index (χ0n) is 11.6. The number of pyridine rings is 1. The van der Waals surface area contributed by atoms with Gasteiger partial charge in [-0.25, -0.2) is 4.98 Å². The third kappa shape index (κ3) is 3.87. The molecule has 0 aliphatic carbocycles. The van der Waals surface area contributed by atoms with Crippen LogP contribution >= 0.6 is 15.9 Å². The van der Waals surface area contributed by atoms with Crippen LogP contribution in [0.1, 0.15) is 20.3 Å². The Labute approximate surface area is 127 Å². The Morgan fingerprint density at radius 3 is 2.90 bits per heavy atom. The fourth-order valence-corrected chi connectivity index (χ4v) is 2.01. The first-order chi connectivity index (χ1) is 9.58. The number of hydrogen-bond donors (Lipinski definition) is 2. The van der Waals surface area contributed by atoms with E-state index in [0.29, 0.717) is 11.5 Å². The summed E-state index contributed by atoms with van der Waals surface area (Å²) >= 11 is 3.34. The molecule has 4 nitrogen and oxygen atoms in total. The molecule has 0 fully saturated rings. The second-order valence-electron chi connectivity index (χ2n) is 4.58. The number of benzene rings is 1. The quantitative estimate of drug-likeness (QED) is 0.852. The summed E-state index contributed by atoms with van der Waals surface area (Å²) < 4.78 is 6.65. The Balaban J connectivity index is 2.15. The minimum absolute atomic E-state index is 0.195. The van der Waals surface area contributed by atoms with E-state index in [-0.39, 0.29) is 6.10 Å². The summed E-state index contributed by atoms with van der Waals surface area (Å²) in [6, 6.07) is 9.58. The van der Waals surface area contributed by atoms with Crippen LogP contribution in [-0.4, -0.2) is 11.1 Å². The first-order valence-electron chi connectivity index (χ1n) is 6.53. The van der Waals surface area contributed by atoms with Gasteiger partial charge in [0.2, 0.25) is 0 Å². The monoisotopic (exact) mass is 335 g/mol. The van der Waals surface area contributed by atoms with Crippen LogP contribution in [0.4, 0.5) is 17.2 Å². The molecule has 0 spiro atoms. The van der Waals surface area contributed by atoms with E-state index in [1.807, 2.05) is 37.3 Å². The maximum atomic E-state index is 5.92. The lowest BCUT2D eigenvalue weighted by Crippen LogP contribution is -2.09. The van der Waals surface area contributed by atoms with Crippen molar-refractivity contribution < 1.29 is 4.74 Å². The fourth-order valence-electron chi connectivity index (χ4n) is 1.66. The Kier molecular flexibility index (Phi) is 4.84. The van der Waals surface area contributed by atoms with Gasteiger partial charge in [0.1, 0.15) is 5.75 Å². The second kappa shape index (κ2) is 6.61. The van der Waals surface area contributed by atoms with Crippen LogP contribution in [0.3, 0.4) is 0 Å². The smallest absolute Gasteiger partial charge is 0.153 e. The first-order valence-corrected chi connectivity index (χ1v) is 7.32. The largest absolute Gasteiger partial charge is 0.491 e. The van der Waals surface area contributed by atoms with E-state index in [4.69, 9.17) is 10.5 Å². The average molecular weight is 336 g/mol. The van der Waals surface area contributed by atoms with Gasteiger partial charge in [-0.1, -0.05) is 13.0 Å². The maximum Gasteiger partial charge on any atom is 0.153 e. The van der Waals surface area contributed by atoms with Gasteiger partial charge < -0.3 is 15.8 Å². The van der Waals surface area contributed by atoms with E-state index >= 15 is 0 Å². The number of aromatic nitrogens is 1. The number of nitrogens with zero attached hydrogens (tertiary/aromatic N) is 1. The molecule has 2 aromatic rings. The van der Waals surface area contributed by atoms with Gasteiger partial charge in [-0.15, -0.1) is 0 Å². The molecule has 0 aliphatic heterocycles. The highest BCUT2D eigenvalue weighted by atomic mass is 79.9. The van der Waals surface area contributed by atoms with E-state index in [0.717, 1.165) is 22.3 Å². The number of hydrogen-bond acceptors (Lipinski definition) is 4. The normalized spacial score (nSPS) is 11.9. The average Bonchev–Trinajstić information content (AvgIpc) is 2.42. The van der Waals surface area contributed by atoms with Crippen molar-refractivity contribution in [3.63, 3.8) is 0 Å². The predicted molar refractivity (Wildman–Crippen MR) is 86.5 cm³/mol. The van der Waals surface area contributed by atoms with Crippen LogP contribution in [0.2, 0.25) is 0 Å². The molecule has 0 radical (unpaired) electrons. The molecule has 1 aromatic heterocycles. The number of halogens is 1. The molecule has 3 N–H and O–H groups in total. The Hall–Kier alpha value is -1.75. The molecule has 1 aromatic carbocycles. The zero-order chi connectivity index (χ0) is 14.5. The molecular weight excluding hydrogens is 318 g/mol. The number of rotatable bonds is 5. The number of nitrogens with two attached hydrogens (primary N) is 1. The SMILES string of the molecule is CCC(C)Oc1cccc(Nc2ncc(Br)cc2N)c1. The van der Waals surface area contributed by atoms with Gasteiger partial charge in [0, 0.05) is 22.4 Å². The molecular formula is C15H18BrN3O. The van der Waals surface area contributed by atoms with Gasteiger partial charge in [-0.05, 0) is 47.5 Å². The van der Waals surface area contributed by atoms with Crippen molar-refractivity contribution in [3.05, 3.63) is 41.0 Å². The summed E-state index contributed by atoms with van der Waals surface area (Å²) in [4.78, 5) is 4.26. The summed E-state index contributed by atoms with van der Waals surface area (Å²) in [5.41, 5.74) is 7.41. The molecule has 0 aliphatic rings. The topological polar surface area (TPSA) is 60.2 Å². The van der Waals surface area contributed by atoms with Crippen molar-refractivity contribution in [1.82, 2.24) is 4.98 Å². The van der Waals surface area contributed by atoms with E-state index < -0.39 is 0 Å². The van der Waals surface area contributed by atoms with E-state index in [1.54, 1.807) is 6.20 Å². The Morgan fingerprint density at radius 2 is 2.20 bits per heavy atom. The third-order valence-electron chi connectivity index (χ3n) is 2.89. The minimum Gasteiger partial charge on any atom is -0.491 e. The van der Waals surface area contributed by atoms with Gasteiger partial charge in [-0.2, -0.15) is 0 Å². The lowest BCUT2D eigenvalue weighted by atomic mass is 10.2. The lowest BCUT2D eigenvalue weighted by molar-refractivity contribution is 0.217. The van der Waals surface area contributed by atoms with Gasteiger partial charge in [-0.3, -0.25) is 0 Å². The van der Waals surface area contributed by atoms with Gasteiger partial charge >= 0.3 is 0 Å². The minimum atomic E-state index is 0.195. The summed E-state index contributed by atoms with van der Waals surface area (Å²) in [6.07, 6.45) is 2.87. The van der Waals surface area contributed by atoms with Gasteiger partial charge in [0.05, 0.1) is 11.8 Å². The van der Waals surface area contributed by atoms with Crippen molar-refractivity contribution >= 4 is 33.1 Å². The van der Waals surface area contributed by atoms with Gasteiger partial charge in [0.15, 0.2) is 5.82 Å². The predicted octanol–water partition coefficient (Wildman–Crippen LogP) is 4.35. The number of anilines is 3. The molecule has 106 valence electrons. The van der Waals surface area contributed by atoms with E-state index in [1.165, 1.54) is 0 Å². The van der Waals surface area contributed by atoms with Crippen molar-refractivity contribution in [2.24, 2.45) is 0 Å². The summed E-state index contributed by atoms with van der Waals surface area (Å²) in [7, 11) is 0. The number of nitrogens with one attached hydrogen (secondary N) is 1. The van der Waals surface area contributed by atoms with Crippen molar-refractivity contribution in [3.8, 4) is 5.75 Å². The molecule has 0 bridgehead atoms. The molecule has 0 amide bonds. The standard InChI is InChI=1S/C15H18BrN3O/c1-3-10(2)20-13-6-4-5-12(8-13)19-15-14(17)7-11(16)9-18-15/h4-10H,3,17H2,1-2H3,(H,18,19). The van der Waals surface area contributed by atoms with Crippen LogP contribution < -0.4 is 15.8 Å². The highest BCUT2D eigenvalue weighted by Crippen LogP contribution is 2.26. The van der Waals surface area contributed by atoms with Gasteiger partial charge in [0.25, 0.3) is 0 Å². The van der Waals surface area contributed by atoms with Crippen LogP contribution in [0, 0.1) is 0 Å².